The van der Waals surface area contributed by atoms with Gasteiger partial charge in [0, 0.05) is 20.0 Å². The van der Waals surface area contributed by atoms with E-state index in [1.165, 1.54) is 6.92 Å². The van der Waals surface area contributed by atoms with E-state index in [4.69, 9.17) is 0 Å². The summed E-state index contributed by atoms with van der Waals surface area (Å²) in [6.07, 6.45) is 5.18. The van der Waals surface area contributed by atoms with Crippen molar-refractivity contribution in [2.24, 2.45) is 0 Å². The molecule has 100 valence electrons. The van der Waals surface area contributed by atoms with Crippen LogP contribution >= 0.6 is 0 Å². The number of carbonyl (C=O) groups excluding carboxylic acids is 1. The first-order chi connectivity index (χ1) is 8.02. The first-order valence-electron chi connectivity index (χ1n) is 6.25. The number of rotatable bonds is 7. The predicted molar refractivity (Wildman–Crippen MR) is 67.1 cm³/mol. The van der Waals surface area contributed by atoms with Gasteiger partial charge in [0.2, 0.25) is 15.9 Å². The summed E-state index contributed by atoms with van der Waals surface area (Å²) in [5, 5.41) is 2.50. The van der Waals surface area contributed by atoms with E-state index in [-0.39, 0.29) is 11.2 Å². The van der Waals surface area contributed by atoms with Crippen LogP contribution in [0.4, 0.5) is 0 Å². The minimum Gasteiger partial charge on any atom is -0.356 e. The molecule has 0 saturated heterocycles. The highest BCUT2D eigenvalue weighted by molar-refractivity contribution is 7.90. The minimum atomic E-state index is -3.10. The molecule has 0 bridgehead atoms. The maximum absolute atomic E-state index is 11.8. The lowest BCUT2D eigenvalue weighted by atomic mass is 10.3. The van der Waals surface area contributed by atoms with Gasteiger partial charge in [-0.3, -0.25) is 4.79 Å². The van der Waals surface area contributed by atoms with Crippen molar-refractivity contribution in [3.8, 4) is 0 Å². The van der Waals surface area contributed by atoms with E-state index in [1.54, 1.807) is 0 Å². The molecule has 1 fully saturated rings. The zero-order chi connectivity index (χ0) is 12.7. The maximum Gasteiger partial charge on any atom is 0.216 e. The van der Waals surface area contributed by atoms with Crippen LogP contribution < -0.4 is 10.0 Å². The summed E-state index contributed by atoms with van der Waals surface area (Å²) >= 11 is 0. The van der Waals surface area contributed by atoms with Crippen LogP contribution in [0.15, 0.2) is 0 Å². The molecule has 0 spiro atoms. The quantitative estimate of drug-likeness (QED) is 0.665. The van der Waals surface area contributed by atoms with Gasteiger partial charge in [0.15, 0.2) is 0 Å². The molecule has 1 aliphatic carbocycles. The molecule has 17 heavy (non-hydrogen) atoms. The Hall–Kier alpha value is -0.620. The van der Waals surface area contributed by atoms with Crippen molar-refractivity contribution in [3.05, 3.63) is 0 Å². The average Bonchev–Trinajstić information content (AvgIpc) is 2.76. The normalized spacial score (nSPS) is 17.2. The molecule has 0 aromatic rings. The van der Waals surface area contributed by atoms with Crippen molar-refractivity contribution < 1.29 is 13.2 Å². The molecule has 5 nitrogen and oxygen atoms in total. The number of carbonyl (C=O) groups is 1. The van der Waals surface area contributed by atoms with Crippen LogP contribution in [0.3, 0.4) is 0 Å². The number of hydrogen-bond donors (Lipinski definition) is 2. The first-order valence-corrected chi connectivity index (χ1v) is 7.80. The van der Waals surface area contributed by atoms with Crippen molar-refractivity contribution in [3.63, 3.8) is 0 Å². The third-order valence-corrected chi connectivity index (χ3v) is 4.98. The molecule has 1 amide bonds. The van der Waals surface area contributed by atoms with Gasteiger partial charge in [0.05, 0.1) is 5.25 Å². The minimum absolute atomic E-state index is 0.0449. The van der Waals surface area contributed by atoms with Crippen molar-refractivity contribution in [2.75, 3.05) is 13.1 Å². The zero-order valence-electron chi connectivity index (χ0n) is 10.4. The van der Waals surface area contributed by atoms with E-state index in [0.29, 0.717) is 13.1 Å². The number of amides is 1. The second-order valence-electron chi connectivity index (χ2n) is 4.54. The van der Waals surface area contributed by atoms with Crippen LogP contribution in [0.2, 0.25) is 0 Å². The second-order valence-corrected chi connectivity index (χ2v) is 6.58. The highest BCUT2D eigenvalue weighted by Crippen LogP contribution is 2.23. The lowest BCUT2D eigenvalue weighted by Crippen LogP contribution is -2.33. The van der Waals surface area contributed by atoms with E-state index in [2.05, 4.69) is 10.0 Å². The molecule has 1 aliphatic rings. The fourth-order valence-corrected chi connectivity index (χ4v) is 3.66. The Morgan fingerprint density at radius 1 is 1.18 bits per heavy atom. The third-order valence-electron chi connectivity index (χ3n) is 3.02. The number of hydrogen-bond acceptors (Lipinski definition) is 3. The first kappa shape index (κ1) is 14.4. The molecule has 0 unspecified atom stereocenters. The van der Waals surface area contributed by atoms with E-state index in [9.17, 15) is 13.2 Å². The molecule has 0 atom stereocenters. The second kappa shape index (κ2) is 6.96. The zero-order valence-corrected chi connectivity index (χ0v) is 11.2. The highest BCUT2D eigenvalue weighted by Gasteiger charge is 2.27. The highest BCUT2D eigenvalue weighted by atomic mass is 32.2. The molecule has 0 radical (unpaired) electrons. The van der Waals surface area contributed by atoms with Gasteiger partial charge in [-0.1, -0.05) is 12.8 Å². The topological polar surface area (TPSA) is 75.3 Å². The molecule has 1 saturated carbocycles. The lowest BCUT2D eigenvalue weighted by molar-refractivity contribution is -0.118. The predicted octanol–water partition coefficient (Wildman–Crippen LogP) is 0.765. The van der Waals surface area contributed by atoms with Crippen molar-refractivity contribution in [2.45, 2.75) is 50.7 Å². The van der Waals surface area contributed by atoms with Gasteiger partial charge < -0.3 is 5.32 Å². The largest absolute Gasteiger partial charge is 0.356 e. The number of sulfonamides is 1. The Morgan fingerprint density at radius 2 is 1.76 bits per heavy atom. The Kier molecular flexibility index (Phi) is 5.91. The van der Waals surface area contributed by atoms with E-state index in [1.807, 2.05) is 0 Å². The van der Waals surface area contributed by atoms with Crippen molar-refractivity contribution in [1.29, 1.82) is 0 Å². The molecule has 0 aromatic heterocycles. The van der Waals surface area contributed by atoms with Gasteiger partial charge >= 0.3 is 0 Å². The standard InChI is InChI=1S/C11H22N2O3S/c1-10(14)12-8-4-5-9-13-17(15,16)11-6-2-3-7-11/h11,13H,2-9H2,1H3,(H,12,14). The Balaban J connectivity index is 2.11. The number of nitrogens with one attached hydrogen (secondary N) is 2. The number of unbranched alkanes of at least 4 members (excludes halogenated alkanes) is 1. The molecular formula is C11H22N2O3S. The van der Waals surface area contributed by atoms with Crippen LogP contribution in [-0.4, -0.2) is 32.7 Å². The van der Waals surface area contributed by atoms with Crippen LogP contribution in [0.5, 0.6) is 0 Å². The summed E-state index contributed by atoms with van der Waals surface area (Å²) in [5.74, 6) is -0.0449. The van der Waals surface area contributed by atoms with Gasteiger partial charge in [-0.05, 0) is 25.7 Å². The third kappa shape index (κ3) is 5.50. The van der Waals surface area contributed by atoms with Crippen LogP contribution in [0.1, 0.15) is 45.4 Å². The average molecular weight is 262 g/mol. The summed E-state index contributed by atoms with van der Waals surface area (Å²) in [6, 6.07) is 0. The summed E-state index contributed by atoms with van der Waals surface area (Å²) in [5.41, 5.74) is 0. The van der Waals surface area contributed by atoms with Gasteiger partial charge in [-0.15, -0.1) is 0 Å². The van der Waals surface area contributed by atoms with E-state index >= 15 is 0 Å². The van der Waals surface area contributed by atoms with Crippen molar-refractivity contribution >= 4 is 15.9 Å². The molecular weight excluding hydrogens is 240 g/mol. The Labute approximate surface area is 103 Å². The summed E-state index contributed by atoms with van der Waals surface area (Å²) in [6.45, 7) is 2.56. The molecule has 0 heterocycles. The summed E-state index contributed by atoms with van der Waals surface area (Å²) in [7, 11) is -3.10. The SMILES string of the molecule is CC(=O)NCCCCNS(=O)(=O)C1CCCC1. The summed E-state index contributed by atoms with van der Waals surface area (Å²) in [4.78, 5) is 10.6. The summed E-state index contributed by atoms with van der Waals surface area (Å²) < 4.78 is 26.2. The van der Waals surface area contributed by atoms with Gasteiger partial charge in [0.1, 0.15) is 0 Å². The van der Waals surface area contributed by atoms with Crippen molar-refractivity contribution in [1.82, 2.24) is 10.0 Å². The Bertz CT molecular complexity index is 335. The smallest absolute Gasteiger partial charge is 0.216 e. The fraction of sp³-hybridized carbons (Fsp3) is 0.909. The molecule has 0 aromatic carbocycles. The monoisotopic (exact) mass is 262 g/mol. The van der Waals surface area contributed by atoms with Gasteiger partial charge in [0.25, 0.3) is 0 Å². The van der Waals surface area contributed by atoms with E-state index < -0.39 is 10.0 Å². The molecule has 6 heteroatoms. The molecule has 2 N–H and O–H groups in total. The van der Waals surface area contributed by atoms with Gasteiger partial charge in [-0.25, -0.2) is 13.1 Å². The van der Waals surface area contributed by atoms with Gasteiger partial charge in [-0.2, -0.15) is 0 Å². The maximum atomic E-state index is 11.8. The van der Waals surface area contributed by atoms with Crippen LogP contribution in [0, 0.1) is 0 Å². The molecule has 1 rings (SSSR count). The lowest BCUT2D eigenvalue weighted by Gasteiger charge is -2.12. The molecule has 0 aliphatic heterocycles. The van der Waals surface area contributed by atoms with E-state index in [0.717, 1.165) is 38.5 Å². The van der Waals surface area contributed by atoms with Crippen LogP contribution in [-0.2, 0) is 14.8 Å². The Morgan fingerprint density at radius 3 is 2.35 bits per heavy atom. The van der Waals surface area contributed by atoms with Crippen LogP contribution in [0.25, 0.3) is 0 Å². The fourth-order valence-electron chi connectivity index (χ4n) is 2.05.